The summed E-state index contributed by atoms with van der Waals surface area (Å²) in [6.45, 7) is 5.41. The highest BCUT2D eigenvalue weighted by atomic mass is 16.5. The minimum Gasteiger partial charge on any atom is -0.378 e. The molecular formula is C22H21N5O. The Morgan fingerprint density at radius 3 is 2.43 bits per heavy atom. The summed E-state index contributed by atoms with van der Waals surface area (Å²) in [6.07, 6.45) is 5.52. The number of hydrogen-bond acceptors (Lipinski definition) is 5. The van der Waals surface area contributed by atoms with Gasteiger partial charge in [0.15, 0.2) is 0 Å². The zero-order valence-corrected chi connectivity index (χ0v) is 15.7. The topological polar surface area (TPSA) is 56.1 Å². The third-order valence-electron chi connectivity index (χ3n) is 5.11. The number of benzene rings is 1. The lowest BCUT2D eigenvalue weighted by Gasteiger charge is -2.28. The van der Waals surface area contributed by atoms with E-state index in [0.717, 1.165) is 60.1 Å². The van der Waals surface area contributed by atoms with Crippen LogP contribution in [0.1, 0.15) is 5.69 Å². The van der Waals surface area contributed by atoms with E-state index < -0.39 is 0 Å². The lowest BCUT2D eigenvalue weighted by Crippen LogP contribution is -2.36. The first-order chi connectivity index (χ1) is 13.8. The number of hydrogen-bond donors (Lipinski definition) is 0. The van der Waals surface area contributed by atoms with Crippen LogP contribution in [0.25, 0.3) is 28.1 Å². The van der Waals surface area contributed by atoms with Gasteiger partial charge in [-0.25, -0.2) is 4.98 Å². The Balaban J connectivity index is 1.60. The van der Waals surface area contributed by atoms with Gasteiger partial charge in [-0.15, -0.1) is 0 Å². The molecule has 0 atom stereocenters. The van der Waals surface area contributed by atoms with Crippen LogP contribution >= 0.6 is 0 Å². The van der Waals surface area contributed by atoms with Gasteiger partial charge in [-0.2, -0.15) is 0 Å². The number of rotatable bonds is 3. The monoisotopic (exact) mass is 371 g/mol. The number of imidazole rings is 1. The molecule has 0 unspecified atom stereocenters. The summed E-state index contributed by atoms with van der Waals surface area (Å²) in [7, 11) is 0. The fraction of sp³-hybridized carbons (Fsp3) is 0.227. The molecule has 1 aromatic carbocycles. The minimum absolute atomic E-state index is 0.783. The second-order valence-electron chi connectivity index (χ2n) is 6.94. The quantitative estimate of drug-likeness (QED) is 0.550. The molecular weight excluding hydrogens is 350 g/mol. The maximum Gasteiger partial charge on any atom is 0.145 e. The van der Waals surface area contributed by atoms with E-state index in [1.165, 1.54) is 5.69 Å². The van der Waals surface area contributed by atoms with Crippen LogP contribution in [0.15, 0.2) is 61.1 Å². The number of aryl methyl sites for hydroxylation is 1. The second kappa shape index (κ2) is 7.05. The van der Waals surface area contributed by atoms with Gasteiger partial charge in [0.2, 0.25) is 0 Å². The van der Waals surface area contributed by atoms with Crippen molar-refractivity contribution >= 4 is 16.7 Å². The summed E-state index contributed by atoms with van der Waals surface area (Å²) in [5.41, 5.74) is 6.14. The van der Waals surface area contributed by atoms with Crippen molar-refractivity contribution in [2.24, 2.45) is 0 Å². The molecule has 4 aromatic rings. The minimum atomic E-state index is 0.783. The van der Waals surface area contributed by atoms with E-state index in [9.17, 15) is 0 Å². The third-order valence-corrected chi connectivity index (χ3v) is 5.11. The van der Waals surface area contributed by atoms with Gasteiger partial charge in [0.1, 0.15) is 5.82 Å². The van der Waals surface area contributed by atoms with Crippen LogP contribution in [0, 0.1) is 6.92 Å². The molecule has 28 heavy (non-hydrogen) atoms. The molecule has 0 N–H and O–H groups in total. The summed E-state index contributed by atoms with van der Waals surface area (Å²) >= 11 is 0. The molecule has 0 saturated carbocycles. The Hall–Kier alpha value is -3.25. The molecule has 6 heteroatoms. The predicted molar refractivity (Wildman–Crippen MR) is 110 cm³/mol. The van der Waals surface area contributed by atoms with Crippen LogP contribution in [0.5, 0.6) is 0 Å². The molecule has 5 rings (SSSR count). The molecule has 4 heterocycles. The Labute approximate surface area is 163 Å². The molecule has 0 radical (unpaired) electrons. The first-order valence-electron chi connectivity index (χ1n) is 9.48. The number of aromatic nitrogens is 4. The summed E-state index contributed by atoms with van der Waals surface area (Å²) in [4.78, 5) is 16.0. The first kappa shape index (κ1) is 16.9. The maximum atomic E-state index is 5.45. The molecule has 0 bridgehead atoms. The molecule has 0 amide bonds. The van der Waals surface area contributed by atoms with Gasteiger partial charge < -0.3 is 9.64 Å². The van der Waals surface area contributed by atoms with Gasteiger partial charge in [0.05, 0.1) is 42.3 Å². The molecule has 6 nitrogen and oxygen atoms in total. The molecule has 0 spiro atoms. The number of ether oxygens (including phenoxy) is 1. The van der Waals surface area contributed by atoms with Crippen molar-refractivity contribution in [3.8, 4) is 17.1 Å². The Morgan fingerprint density at radius 2 is 1.68 bits per heavy atom. The number of pyridine rings is 2. The number of anilines is 1. The van der Waals surface area contributed by atoms with Crippen LogP contribution < -0.4 is 4.90 Å². The van der Waals surface area contributed by atoms with E-state index in [1.807, 2.05) is 31.5 Å². The molecule has 140 valence electrons. The maximum absolute atomic E-state index is 5.45. The SMILES string of the molecule is Cc1ccc(-n2c(-c3ccc(N4CCOCC4)cc3)nc3ccncc32)cn1. The summed E-state index contributed by atoms with van der Waals surface area (Å²) in [5.74, 6) is 0.891. The van der Waals surface area contributed by atoms with Crippen molar-refractivity contribution in [3.05, 3.63) is 66.7 Å². The Morgan fingerprint density at radius 1 is 0.893 bits per heavy atom. The first-order valence-corrected chi connectivity index (χ1v) is 9.48. The number of fused-ring (bicyclic) bond motifs is 1. The van der Waals surface area contributed by atoms with Gasteiger partial charge in [-0.3, -0.25) is 14.5 Å². The van der Waals surface area contributed by atoms with Crippen molar-refractivity contribution in [1.29, 1.82) is 0 Å². The van der Waals surface area contributed by atoms with Gasteiger partial charge in [0, 0.05) is 36.2 Å². The molecule has 1 saturated heterocycles. The highest BCUT2D eigenvalue weighted by Gasteiger charge is 2.16. The van der Waals surface area contributed by atoms with Crippen molar-refractivity contribution < 1.29 is 4.74 Å². The molecule has 1 fully saturated rings. The van der Waals surface area contributed by atoms with E-state index in [-0.39, 0.29) is 0 Å². The average molecular weight is 371 g/mol. The van der Waals surface area contributed by atoms with Gasteiger partial charge in [-0.05, 0) is 49.4 Å². The average Bonchev–Trinajstić information content (AvgIpc) is 3.15. The second-order valence-corrected chi connectivity index (χ2v) is 6.94. The zero-order valence-electron chi connectivity index (χ0n) is 15.7. The smallest absolute Gasteiger partial charge is 0.145 e. The fourth-order valence-corrected chi connectivity index (χ4v) is 3.61. The van der Waals surface area contributed by atoms with Crippen molar-refractivity contribution in [1.82, 2.24) is 19.5 Å². The predicted octanol–water partition coefficient (Wildman–Crippen LogP) is 3.63. The standard InChI is InChI=1S/C22H21N5O/c1-16-2-5-19(14-24-16)27-21-15-23-9-8-20(21)25-22(27)17-3-6-18(7-4-17)26-10-12-28-13-11-26/h2-9,14-15H,10-13H2,1H3. The van der Waals surface area contributed by atoms with Crippen molar-refractivity contribution in [2.75, 3.05) is 31.2 Å². The summed E-state index contributed by atoms with van der Waals surface area (Å²) in [6, 6.07) is 14.6. The molecule has 1 aliphatic rings. The Bertz CT molecular complexity index is 1100. The lowest BCUT2D eigenvalue weighted by molar-refractivity contribution is 0.122. The molecule has 1 aliphatic heterocycles. The van der Waals surface area contributed by atoms with E-state index in [2.05, 4.69) is 49.8 Å². The normalized spacial score (nSPS) is 14.5. The number of morpholine rings is 1. The lowest BCUT2D eigenvalue weighted by atomic mass is 10.1. The van der Waals surface area contributed by atoms with E-state index in [1.54, 1.807) is 6.20 Å². The third kappa shape index (κ3) is 3.01. The summed E-state index contributed by atoms with van der Waals surface area (Å²) in [5, 5.41) is 0. The highest BCUT2D eigenvalue weighted by Crippen LogP contribution is 2.29. The number of nitrogens with zero attached hydrogens (tertiary/aromatic N) is 5. The van der Waals surface area contributed by atoms with E-state index in [0.29, 0.717) is 0 Å². The van der Waals surface area contributed by atoms with Crippen LogP contribution in [0.2, 0.25) is 0 Å². The van der Waals surface area contributed by atoms with Crippen molar-refractivity contribution in [2.45, 2.75) is 6.92 Å². The van der Waals surface area contributed by atoms with Crippen LogP contribution in [0.3, 0.4) is 0 Å². The highest BCUT2D eigenvalue weighted by molar-refractivity contribution is 5.82. The van der Waals surface area contributed by atoms with Crippen molar-refractivity contribution in [3.63, 3.8) is 0 Å². The molecule has 0 aliphatic carbocycles. The largest absolute Gasteiger partial charge is 0.378 e. The Kier molecular flexibility index (Phi) is 4.25. The summed E-state index contributed by atoms with van der Waals surface area (Å²) < 4.78 is 7.58. The van der Waals surface area contributed by atoms with Crippen LogP contribution in [-0.4, -0.2) is 45.8 Å². The van der Waals surface area contributed by atoms with Gasteiger partial charge in [0.25, 0.3) is 0 Å². The van der Waals surface area contributed by atoms with Gasteiger partial charge in [-0.1, -0.05) is 0 Å². The van der Waals surface area contributed by atoms with Crippen LogP contribution in [0.4, 0.5) is 5.69 Å². The van der Waals surface area contributed by atoms with Crippen LogP contribution in [-0.2, 0) is 4.74 Å². The van der Waals surface area contributed by atoms with E-state index >= 15 is 0 Å². The fourth-order valence-electron chi connectivity index (χ4n) is 3.61. The van der Waals surface area contributed by atoms with E-state index in [4.69, 9.17) is 9.72 Å². The molecule has 3 aromatic heterocycles. The van der Waals surface area contributed by atoms with Gasteiger partial charge >= 0.3 is 0 Å². The zero-order chi connectivity index (χ0) is 18.9.